The number of halogens is 2. The monoisotopic (exact) mass is 1600 g/mol. The quantitative estimate of drug-likeness (QED) is 0.0310. The lowest BCUT2D eigenvalue weighted by atomic mass is 9.77. The Kier molecular flexibility index (Phi) is 22.7. The van der Waals surface area contributed by atoms with E-state index >= 15 is 0 Å². The second kappa shape index (κ2) is 34.2. The second-order valence-electron chi connectivity index (χ2n) is 32.1. The van der Waals surface area contributed by atoms with E-state index in [9.17, 15) is 33.6 Å². The van der Waals surface area contributed by atoms with E-state index in [1.165, 1.54) is 5.56 Å². The molecule has 28 heteroatoms. The average Bonchev–Trinajstić information content (AvgIpc) is 1.77. The van der Waals surface area contributed by atoms with Gasteiger partial charge in [0.2, 0.25) is 53.2 Å². The summed E-state index contributed by atoms with van der Waals surface area (Å²) in [5.41, 5.74) is 12.8. The fourth-order valence-corrected chi connectivity index (χ4v) is 18.3. The molecule has 0 saturated carbocycles. The highest BCUT2D eigenvalue weighted by molar-refractivity contribution is 6.33. The van der Waals surface area contributed by atoms with Crippen LogP contribution in [0.4, 0.5) is 57.4 Å². The van der Waals surface area contributed by atoms with Crippen molar-refractivity contribution in [3.05, 3.63) is 192 Å². The van der Waals surface area contributed by atoms with Gasteiger partial charge in [-0.2, -0.15) is 0 Å². The first kappa shape index (κ1) is 77.1. The third-order valence-corrected chi connectivity index (χ3v) is 25.2. The van der Waals surface area contributed by atoms with Gasteiger partial charge in [0.25, 0.3) is 0 Å². The molecule has 8 fully saturated rings. The lowest BCUT2D eigenvalue weighted by molar-refractivity contribution is -0.138. The van der Waals surface area contributed by atoms with Gasteiger partial charge in [-0.15, -0.1) is 0 Å². The van der Waals surface area contributed by atoms with E-state index < -0.39 is 17.5 Å². The number of anilines is 10. The van der Waals surface area contributed by atoms with Crippen LogP contribution < -0.4 is 51.9 Å². The van der Waals surface area contributed by atoms with E-state index in [0.717, 1.165) is 148 Å². The van der Waals surface area contributed by atoms with Gasteiger partial charge in [-0.25, -0.2) is 19.9 Å². The van der Waals surface area contributed by atoms with Crippen molar-refractivity contribution in [2.45, 2.75) is 114 Å². The molecule has 596 valence electrons. The van der Waals surface area contributed by atoms with Gasteiger partial charge in [-0.05, 0) is 216 Å². The minimum atomic E-state index is -0.556. The fourth-order valence-electron chi connectivity index (χ4n) is 17.9. The molecule has 3 atom stereocenters. The third kappa shape index (κ3) is 17.5. The van der Waals surface area contributed by atoms with Crippen molar-refractivity contribution < 1.29 is 33.6 Å². The largest absolute Gasteiger partial charge is 0.374 e. The van der Waals surface area contributed by atoms with Gasteiger partial charge < -0.3 is 51.1 Å². The van der Waals surface area contributed by atoms with E-state index in [2.05, 4.69) is 143 Å². The first-order chi connectivity index (χ1) is 56.5. The zero-order valence-corrected chi connectivity index (χ0v) is 66.0. The summed E-state index contributed by atoms with van der Waals surface area (Å²) in [5.74, 6) is 0.558. The number of rotatable bonds is 22. The summed E-state index contributed by atoms with van der Waals surface area (Å²) in [6, 6.07) is 44.3. The Morgan fingerprint density at radius 1 is 0.483 bits per heavy atom. The number of nitrogens with zero attached hydrogens (tertiary/aromatic N) is 12. The molecule has 8 aliphatic rings. The smallest absolute Gasteiger partial charge is 0.249 e. The summed E-state index contributed by atoms with van der Waals surface area (Å²) in [5, 5.41) is 21.9. The van der Waals surface area contributed by atoms with Crippen molar-refractivity contribution in [3.8, 4) is 33.6 Å². The molecule has 26 nitrogen and oxygen atoms in total. The second-order valence-corrected chi connectivity index (χ2v) is 32.9. The molecule has 7 N–H and O–H groups in total. The molecule has 12 heterocycles. The Morgan fingerprint density at radius 2 is 1.08 bits per heavy atom. The number of benzene rings is 5. The molecular weight excluding hydrogens is 1510 g/mol. The van der Waals surface area contributed by atoms with Crippen molar-refractivity contribution >= 4 is 122 Å². The van der Waals surface area contributed by atoms with Crippen LogP contribution >= 0.6 is 23.2 Å². The fraction of sp³-hybridized carbons (Fsp3) is 0.375. The van der Waals surface area contributed by atoms with Crippen molar-refractivity contribution in [1.29, 1.82) is 0 Å². The van der Waals surface area contributed by atoms with E-state index in [0.29, 0.717) is 139 Å². The van der Waals surface area contributed by atoms with E-state index in [4.69, 9.17) is 33.2 Å². The van der Waals surface area contributed by atoms with E-state index in [-0.39, 0.29) is 53.3 Å². The molecular formula is C88H93Cl2N19O7. The predicted octanol–water partition coefficient (Wildman–Crippen LogP) is 13.0. The first-order valence-electron chi connectivity index (χ1n) is 40.6. The maximum Gasteiger partial charge on any atom is 0.249 e. The SMILES string of the molecule is O=C1CCC(Nc2ccc(C3CCN(CC(=O)N4CCC5(CC4)CCN(c4cncc(Nc6ncc(Cl)c(-c7cccc(N8CCC8c8cc(-c9ccccc9)cc(-c9nc(Nc%10cncc(NC(=O)C%11CCN(CC%12CCN(c%13ccc(NC%14CCC(=O)NC%14=O)cc%13)CC%12)CC%11)c%10)ncc9Cl)c8)c7)n6)c4)C5=O)CC3)cc2)C(=O)N1. The number of likely N-dealkylation sites (tertiary alicyclic amines) is 3. The average molecular weight is 1600 g/mol. The third-order valence-electron chi connectivity index (χ3n) is 24.6. The van der Waals surface area contributed by atoms with E-state index in [1.54, 1.807) is 37.2 Å². The van der Waals surface area contributed by atoms with Gasteiger partial charge >= 0.3 is 0 Å². The van der Waals surface area contributed by atoms with Crippen LogP contribution in [0.2, 0.25) is 10.0 Å². The highest BCUT2D eigenvalue weighted by atomic mass is 35.5. The van der Waals surface area contributed by atoms with Crippen LogP contribution in [0.3, 0.4) is 0 Å². The Balaban J connectivity index is 0.489. The van der Waals surface area contributed by atoms with Crippen molar-refractivity contribution in [2.75, 3.05) is 120 Å². The molecule has 116 heavy (non-hydrogen) atoms. The standard InChI is InChI=1S/C88H93Cl2N19O7/c89-72-51-93-87(99-68-46-71(50-92-49-68)109-40-30-88(85(109)116)28-38-107(39-29-88)79(112)54-105-31-23-58(24-32-105)57-9-11-64(12-10-57)95-74-17-19-77(110)100-83(74)114)102-80(72)60-7-4-8-70(44-60)108-37-27-76(108)62-41-61(56-5-2-1-3-6-56)42-63(43-62)81-73(90)52-94-86(103-81)98-67-45-66(47-91-48-67)97-82(113)59-25-33-104(34-26-59)53-55-21-35-106(36-22-55)69-15-13-65(14-16-69)96-75-18-20-78(111)101-84(75)115/h1-16,41-52,55,58-59,74-76,95-96H,17-40,53-54H2,(H,97,113)(H,93,99,102)(H,94,98,103)(H,100,110,114)(H,101,111,115). The van der Waals surface area contributed by atoms with Crippen LogP contribution in [0.1, 0.15) is 113 Å². The summed E-state index contributed by atoms with van der Waals surface area (Å²) >= 11 is 14.0. The maximum atomic E-state index is 14.5. The summed E-state index contributed by atoms with van der Waals surface area (Å²) in [6.45, 7) is 9.07. The minimum absolute atomic E-state index is 0.00795. The zero-order valence-electron chi connectivity index (χ0n) is 64.5. The van der Waals surface area contributed by atoms with E-state index in [1.807, 2.05) is 76.5 Å². The van der Waals surface area contributed by atoms with Crippen LogP contribution in [-0.2, 0) is 33.6 Å². The summed E-state index contributed by atoms with van der Waals surface area (Å²) < 4.78 is 0. The molecule has 8 saturated heterocycles. The summed E-state index contributed by atoms with van der Waals surface area (Å²) in [6.07, 6.45) is 19.9. The summed E-state index contributed by atoms with van der Waals surface area (Å²) in [7, 11) is 0. The molecule has 17 rings (SSSR count). The Hall–Kier alpha value is -11.5. The molecule has 0 bridgehead atoms. The number of imide groups is 2. The van der Waals surface area contributed by atoms with Crippen LogP contribution in [0.5, 0.6) is 0 Å². The molecule has 3 unspecified atom stereocenters. The van der Waals surface area contributed by atoms with Gasteiger partial charge in [-0.1, -0.05) is 77.8 Å². The lowest BCUT2D eigenvalue weighted by Gasteiger charge is -2.43. The molecule has 5 aromatic carbocycles. The Morgan fingerprint density at radius 3 is 1.72 bits per heavy atom. The van der Waals surface area contributed by atoms with Crippen LogP contribution in [0.25, 0.3) is 33.6 Å². The van der Waals surface area contributed by atoms with Gasteiger partial charge in [0.05, 0.1) is 99.4 Å². The number of carbonyl (C=O) groups excluding carboxylic acids is 7. The topological polar surface area (TPSA) is 300 Å². The van der Waals surface area contributed by atoms with Crippen molar-refractivity contribution in [2.24, 2.45) is 17.3 Å². The maximum absolute atomic E-state index is 14.5. The Bertz CT molecular complexity index is 5170. The van der Waals surface area contributed by atoms with Crippen LogP contribution in [0, 0.1) is 17.3 Å². The van der Waals surface area contributed by atoms with Gasteiger partial charge in [0.15, 0.2) is 0 Å². The lowest BCUT2D eigenvalue weighted by Crippen LogP contribution is -2.49. The van der Waals surface area contributed by atoms with Crippen molar-refractivity contribution in [1.82, 2.24) is 55.2 Å². The molecule has 0 radical (unpaired) electrons. The normalized spacial score (nSPS) is 20.5. The van der Waals surface area contributed by atoms with Crippen LogP contribution in [-0.4, -0.2) is 177 Å². The highest BCUT2D eigenvalue weighted by Crippen LogP contribution is 2.46. The molecule has 9 aromatic rings. The number of aromatic nitrogens is 6. The predicted molar refractivity (Wildman–Crippen MR) is 449 cm³/mol. The van der Waals surface area contributed by atoms with Gasteiger partial charge in [0.1, 0.15) is 12.1 Å². The molecule has 4 aromatic heterocycles. The number of amides is 7. The van der Waals surface area contributed by atoms with Crippen LogP contribution in [0.15, 0.2) is 171 Å². The number of piperidine rings is 6. The minimum Gasteiger partial charge on any atom is -0.374 e. The zero-order chi connectivity index (χ0) is 79.4. The number of hydrogen-bond donors (Lipinski definition) is 7. The molecule has 1 spiro atoms. The Labute approximate surface area is 683 Å². The number of hydrogen-bond acceptors (Lipinski definition) is 21. The van der Waals surface area contributed by atoms with Crippen molar-refractivity contribution in [3.63, 3.8) is 0 Å². The molecule has 7 amide bonds. The first-order valence-corrected chi connectivity index (χ1v) is 41.3. The molecule has 0 aliphatic carbocycles. The number of nitrogens with one attached hydrogen (secondary N) is 7. The number of pyridine rings is 2. The molecule has 8 aliphatic heterocycles. The number of carbonyl (C=O) groups is 7. The van der Waals surface area contributed by atoms with Gasteiger partial charge in [0, 0.05) is 98.4 Å². The van der Waals surface area contributed by atoms with Gasteiger partial charge in [-0.3, -0.25) is 59.1 Å². The summed E-state index contributed by atoms with van der Waals surface area (Å²) in [4.78, 5) is 131. The highest BCUT2D eigenvalue weighted by Gasteiger charge is 2.49.